The highest BCUT2D eigenvalue weighted by Gasteiger charge is 2.19. The molecule has 1 rings (SSSR count). The van der Waals surface area contributed by atoms with Crippen molar-refractivity contribution < 1.29 is 34.4 Å². The van der Waals surface area contributed by atoms with Gasteiger partial charge < -0.3 is 24.8 Å². The average Bonchev–Trinajstić information content (AvgIpc) is 2.42. The largest absolute Gasteiger partial charge is 0.507 e. The highest BCUT2D eigenvalue weighted by Crippen LogP contribution is 2.26. The number of aromatic hydroxyl groups is 2. The van der Waals surface area contributed by atoms with E-state index in [0.717, 1.165) is 0 Å². The van der Waals surface area contributed by atoms with Crippen LogP contribution in [0.15, 0.2) is 30.4 Å². The summed E-state index contributed by atoms with van der Waals surface area (Å²) in [4.78, 5) is 22.8. The molecule has 21 heavy (non-hydrogen) atoms. The first kappa shape index (κ1) is 16.5. The summed E-state index contributed by atoms with van der Waals surface area (Å²) in [6.07, 6.45) is -1.23. The Bertz CT molecular complexity index is 530. The molecule has 7 heteroatoms. The van der Waals surface area contributed by atoms with E-state index in [1.807, 2.05) is 0 Å². The topological polar surface area (TPSA) is 113 Å². The minimum Gasteiger partial charge on any atom is -0.507 e. The standard InChI is InChI=1S/C14H16O7/c1-8(2)13(18)20-6-9(15)7-21-14(19)12-10(16)4-3-5-11(12)17/h3-5,9,15-17H,1,6-7H2,2H3. The summed E-state index contributed by atoms with van der Waals surface area (Å²) in [6, 6.07) is 3.77. The SMILES string of the molecule is C=C(C)C(=O)OCC(O)COC(=O)c1c(O)cccc1O. The first-order valence-electron chi connectivity index (χ1n) is 6.01. The Morgan fingerprint density at radius 1 is 1.19 bits per heavy atom. The smallest absolute Gasteiger partial charge is 0.345 e. The summed E-state index contributed by atoms with van der Waals surface area (Å²) in [6.45, 7) is 3.99. The Balaban J connectivity index is 2.50. The van der Waals surface area contributed by atoms with E-state index in [4.69, 9.17) is 4.74 Å². The molecule has 0 bridgehead atoms. The summed E-state index contributed by atoms with van der Waals surface area (Å²) in [5, 5.41) is 28.4. The van der Waals surface area contributed by atoms with E-state index in [1.165, 1.54) is 25.1 Å². The molecule has 0 aliphatic carbocycles. The molecule has 0 fully saturated rings. The Morgan fingerprint density at radius 2 is 1.71 bits per heavy atom. The number of carbonyl (C=O) groups excluding carboxylic acids is 2. The molecule has 0 spiro atoms. The number of esters is 2. The molecule has 1 aromatic rings. The van der Waals surface area contributed by atoms with E-state index < -0.39 is 41.7 Å². The lowest BCUT2D eigenvalue weighted by molar-refractivity contribution is -0.142. The van der Waals surface area contributed by atoms with Gasteiger partial charge in [0.1, 0.15) is 36.4 Å². The maximum atomic E-state index is 11.7. The number of aliphatic hydroxyl groups is 1. The van der Waals surface area contributed by atoms with Gasteiger partial charge in [0.2, 0.25) is 0 Å². The number of phenols is 2. The third-order valence-corrected chi connectivity index (χ3v) is 2.39. The number of benzene rings is 1. The molecule has 7 nitrogen and oxygen atoms in total. The number of carbonyl (C=O) groups is 2. The second kappa shape index (κ2) is 7.30. The van der Waals surface area contributed by atoms with Crippen molar-refractivity contribution in [3.05, 3.63) is 35.9 Å². The minimum absolute atomic E-state index is 0.179. The van der Waals surface area contributed by atoms with Gasteiger partial charge in [-0.1, -0.05) is 12.6 Å². The Kier molecular flexibility index (Phi) is 5.74. The lowest BCUT2D eigenvalue weighted by Crippen LogP contribution is -2.25. The fraction of sp³-hybridized carbons (Fsp3) is 0.286. The van der Waals surface area contributed by atoms with E-state index in [-0.39, 0.29) is 12.2 Å². The zero-order chi connectivity index (χ0) is 16.0. The van der Waals surface area contributed by atoms with E-state index in [1.54, 1.807) is 0 Å². The monoisotopic (exact) mass is 296 g/mol. The van der Waals surface area contributed by atoms with Crippen LogP contribution >= 0.6 is 0 Å². The van der Waals surface area contributed by atoms with Crippen LogP contribution in [0.3, 0.4) is 0 Å². The van der Waals surface area contributed by atoms with Gasteiger partial charge in [-0.15, -0.1) is 0 Å². The molecule has 0 saturated heterocycles. The van der Waals surface area contributed by atoms with Crippen molar-refractivity contribution in [1.82, 2.24) is 0 Å². The zero-order valence-corrected chi connectivity index (χ0v) is 11.4. The van der Waals surface area contributed by atoms with Gasteiger partial charge in [0.05, 0.1) is 0 Å². The van der Waals surface area contributed by atoms with E-state index in [0.29, 0.717) is 0 Å². The van der Waals surface area contributed by atoms with E-state index >= 15 is 0 Å². The third-order valence-electron chi connectivity index (χ3n) is 2.39. The van der Waals surface area contributed by atoms with Gasteiger partial charge in [0.15, 0.2) is 0 Å². The van der Waals surface area contributed by atoms with Gasteiger partial charge in [-0.25, -0.2) is 9.59 Å². The molecule has 0 aromatic heterocycles. The second-order valence-electron chi connectivity index (χ2n) is 4.30. The van der Waals surface area contributed by atoms with Crippen molar-refractivity contribution in [2.75, 3.05) is 13.2 Å². The molecule has 3 N–H and O–H groups in total. The lowest BCUT2D eigenvalue weighted by atomic mass is 10.2. The first-order chi connectivity index (χ1) is 9.82. The number of hydrogen-bond donors (Lipinski definition) is 3. The summed E-state index contributed by atoms with van der Waals surface area (Å²) < 4.78 is 9.39. The van der Waals surface area contributed by atoms with Crippen LogP contribution in [0.25, 0.3) is 0 Å². The molecule has 1 aromatic carbocycles. The maximum absolute atomic E-state index is 11.7. The summed E-state index contributed by atoms with van der Waals surface area (Å²) >= 11 is 0. The molecule has 0 saturated carbocycles. The van der Waals surface area contributed by atoms with Gasteiger partial charge in [-0.05, 0) is 19.1 Å². The number of rotatable bonds is 6. The molecule has 0 radical (unpaired) electrons. The highest BCUT2D eigenvalue weighted by atomic mass is 16.6. The summed E-state index contributed by atoms with van der Waals surface area (Å²) in [5.41, 5.74) is -0.220. The lowest BCUT2D eigenvalue weighted by Gasteiger charge is -2.12. The number of aliphatic hydroxyl groups excluding tert-OH is 1. The molecule has 1 atom stereocenters. The average molecular weight is 296 g/mol. The van der Waals surface area contributed by atoms with Crippen LogP contribution in [-0.2, 0) is 14.3 Å². The Hall–Kier alpha value is -2.54. The van der Waals surface area contributed by atoms with Gasteiger partial charge in [-0.2, -0.15) is 0 Å². The van der Waals surface area contributed by atoms with Gasteiger partial charge in [0, 0.05) is 5.57 Å². The van der Waals surface area contributed by atoms with Crippen molar-refractivity contribution in [2.45, 2.75) is 13.0 Å². The van der Waals surface area contributed by atoms with Crippen molar-refractivity contribution in [3.63, 3.8) is 0 Å². The van der Waals surface area contributed by atoms with Crippen molar-refractivity contribution in [1.29, 1.82) is 0 Å². The fourth-order valence-electron chi connectivity index (χ4n) is 1.32. The van der Waals surface area contributed by atoms with Crippen LogP contribution in [0.2, 0.25) is 0 Å². The molecule has 0 aliphatic rings. The number of phenolic OH excluding ortho intramolecular Hbond substituents is 2. The van der Waals surface area contributed by atoms with Crippen LogP contribution in [0.1, 0.15) is 17.3 Å². The molecule has 0 heterocycles. The summed E-state index contributed by atoms with van der Waals surface area (Å²) in [5.74, 6) is -2.55. The predicted molar refractivity (Wildman–Crippen MR) is 71.8 cm³/mol. The quantitative estimate of drug-likeness (QED) is 0.524. The zero-order valence-electron chi connectivity index (χ0n) is 11.4. The molecular weight excluding hydrogens is 280 g/mol. The van der Waals surface area contributed by atoms with E-state index in [2.05, 4.69) is 11.3 Å². The van der Waals surface area contributed by atoms with Crippen molar-refractivity contribution in [2.24, 2.45) is 0 Å². The predicted octanol–water partition coefficient (Wildman–Crippen LogP) is 0.735. The minimum atomic E-state index is -1.23. The Labute approximate surface area is 121 Å². The molecule has 0 amide bonds. The van der Waals surface area contributed by atoms with Crippen LogP contribution in [0, 0.1) is 0 Å². The van der Waals surface area contributed by atoms with E-state index in [9.17, 15) is 24.9 Å². The second-order valence-corrected chi connectivity index (χ2v) is 4.30. The molecule has 1 unspecified atom stereocenters. The van der Waals surface area contributed by atoms with Crippen molar-refractivity contribution in [3.8, 4) is 11.5 Å². The van der Waals surface area contributed by atoms with Gasteiger partial charge in [0.25, 0.3) is 0 Å². The Morgan fingerprint density at radius 3 is 2.24 bits per heavy atom. The number of ether oxygens (including phenoxy) is 2. The van der Waals surface area contributed by atoms with Crippen LogP contribution < -0.4 is 0 Å². The van der Waals surface area contributed by atoms with Gasteiger partial charge in [-0.3, -0.25) is 0 Å². The van der Waals surface area contributed by atoms with Gasteiger partial charge >= 0.3 is 11.9 Å². The van der Waals surface area contributed by atoms with Crippen LogP contribution in [-0.4, -0.2) is 46.6 Å². The maximum Gasteiger partial charge on any atom is 0.345 e. The highest BCUT2D eigenvalue weighted by molar-refractivity contribution is 5.95. The molecular formula is C14H16O7. The van der Waals surface area contributed by atoms with Crippen LogP contribution in [0.4, 0.5) is 0 Å². The summed E-state index contributed by atoms with van der Waals surface area (Å²) in [7, 11) is 0. The first-order valence-corrected chi connectivity index (χ1v) is 6.01. The number of hydrogen-bond acceptors (Lipinski definition) is 7. The van der Waals surface area contributed by atoms with Crippen LogP contribution in [0.5, 0.6) is 11.5 Å². The normalized spacial score (nSPS) is 11.5. The third kappa shape index (κ3) is 4.81. The molecule has 0 aliphatic heterocycles. The molecule has 114 valence electrons. The van der Waals surface area contributed by atoms with Crippen molar-refractivity contribution >= 4 is 11.9 Å². The fourth-order valence-corrected chi connectivity index (χ4v) is 1.32.